The Hall–Kier alpha value is -1.80. The second kappa shape index (κ2) is 6.31. The molecule has 2 nitrogen and oxygen atoms in total. The van der Waals surface area contributed by atoms with E-state index in [0.717, 1.165) is 18.0 Å². The summed E-state index contributed by atoms with van der Waals surface area (Å²) in [7, 11) is 1.95. The Morgan fingerprint density at radius 3 is 2.24 bits per heavy atom. The molecule has 0 aromatic heterocycles. The molecule has 0 aliphatic heterocycles. The lowest BCUT2D eigenvalue weighted by molar-refractivity contribution is 0.455. The molecule has 0 aliphatic rings. The van der Waals surface area contributed by atoms with Crippen molar-refractivity contribution in [3.63, 3.8) is 0 Å². The summed E-state index contributed by atoms with van der Waals surface area (Å²) in [5, 5.41) is 3.15. The van der Waals surface area contributed by atoms with Crippen molar-refractivity contribution in [1.82, 2.24) is 5.32 Å². The molecular weight excluding hydrogens is 258 g/mol. The highest BCUT2D eigenvalue weighted by molar-refractivity contribution is 5.44. The smallest absolute Gasteiger partial charge is 0.131 e. The van der Waals surface area contributed by atoms with Gasteiger partial charge in [0, 0.05) is 12.1 Å². The summed E-state index contributed by atoms with van der Waals surface area (Å²) in [6, 6.07) is 14.6. The fraction of sp³-hybridized carbons (Fsp3) is 0.368. The molecule has 21 heavy (non-hydrogen) atoms. The predicted octanol–water partition coefficient (Wildman–Crippen LogP) is 4.80. The average molecular weight is 283 g/mol. The molecule has 1 N–H and O–H groups in total. The summed E-state index contributed by atoms with van der Waals surface area (Å²) < 4.78 is 6.10. The van der Waals surface area contributed by atoms with Gasteiger partial charge in [0.05, 0.1) is 0 Å². The highest BCUT2D eigenvalue weighted by Crippen LogP contribution is 2.34. The molecule has 0 amide bonds. The zero-order chi connectivity index (χ0) is 15.5. The van der Waals surface area contributed by atoms with Crippen LogP contribution in [0, 0.1) is 6.92 Å². The average Bonchev–Trinajstić information content (AvgIpc) is 2.42. The van der Waals surface area contributed by atoms with Gasteiger partial charge in [0.1, 0.15) is 11.5 Å². The minimum absolute atomic E-state index is 0.0629. The molecule has 0 unspecified atom stereocenters. The summed E-state index contributed by atoms with van der Waals surface area (Å²) in [5.74, 6) is 1.82. The molecule has 2 aromatic rings. The maximum atomic E-state index is 6.10. The van der Waals surface area contributed by atoms with Crippen LogP contribution >= 0.6 is 0 Å². The number of benzene rings is 2. The maximum Gasteiger partial charge on any atom is 0.131 e. The molecule has 2 aromatic carbocycles. The van der Waals surface area contributed by atoms with E-state index in [-0.39, 0.29) is 5.41 Å². The van der Waals surface area contributed by atoms with E-state index in [1.165, 1.54) is 16.7 Å². The zero-order valence-electron chi connectivity index (χ0n) is 13.7. The van der Waals surface area contributed by atoms with Crippen molar-refractivity contribution < 1.29 is 4.74 Å². The van der Waals surface area contributed by atoms with Gasteiger partial charge in [-0.3, -0.25) is 0 Å². The highest BCUT2D eigenvalue weighted by Gasteiger charge is 2.19. The molecule has 0 atom stereocenters. The van der Waals surface area contributed by atoms with Crippen molar-refractivity contribution in [2.75, 3.05) is 7.05 Å². The molecular formula is C19H25NO. The first-order valence-corrected chi connectivity index (χ1v) is 7.42. The minimum Gasteiger partial charge on any atom is -0.457 e. The van der Waals surface area contributed by atoms with Gasteiger partial charge in [-0.25, -0.2) is 0 Å². The topological polar surface area (TPSA) is 21.3 Å². The van der Waals surface area contributed by atoms with Crippen LogP contribution in [0.1, 0.15) is 37.5 Å². The third kappa shape index (κ3) is 4.08. The zero-order valence-corrected chi connectivity index (χ0v) is 13.7. The first kappa shape index (κ1) is 15.6. The van der Waals surface area contributed by atoms with E-state index in [4.69, 9.17) is 4.74 Å². The second-order valence-corrected chi connectivity index (χ2v) is 6.53. The van der Waals surface area contributed by atoms with Crippen LogP contribution < -0.4 is 10.1 Å². The van der Waals surface area contributed by atoms with Crippen molar-refractivity contribution >= 4 is 0 Å². The number of hydrogen-bond acceptors (Lipinski definition) is 2. The first-order chi connectivity index (χ1) is 9.90. The highest BCUT2D eigenvalue weighted by atomic mass is 16.5. The number of hydrogen-bond donors (Lipinski definition) is 1. The van der Waals surface area contributed by atoms with Crippen LogP contribution in [0.2, 0.25) is 0 Å². The molecule has 112 valence electrons. The number of aryl methyl sites for hydroxylation is 1. The molecule has 0 heterocycles. The van der Waals surface area contributed by atoms with Crippen LogP contribution in [0.5, 0.6) is 11.5 Å². The first-order valence-electron chi connectivity index (χ1n) is 7.42. The Balaban J connectivity index is 2.27. The summed E-state index contributed by atoms with van der Waals surface area (Å²) in [6.07, 6.45) is 0. The van der Waals surface area contributed by atoms with E-state index >= 15 is 0 Å². The van der Waals surface area contributed by atoms with E-state index in [9.17, 15) is 0 Å². The summed E-state index contributed by atoms with van der Waals surface area (Å²) in [4.78, 5) is 0. The monoisotopic (exact) mass is 283 g/mol. The van der Waals surface area contributed by atoms with Gasteiger partial charge in [-0.15, -0.1) is 0 Å². The van der Waals surface area contributed by atoms with Crippen molar-refractivity contribution in [2.24, 2.45) is 0 Å². The van der Waals surface area contributed by atoms with E-state index in [2.05, 4.69) is 63.3 Å². The van der Waals surface area contributed by atoms with Crippen LogP contribution in [0.3, 0.4) is 0 Å². The Kier molecular flexibility index (Phi) is 4.69. The fourth-order valence-electron chi connectivity index (χ4n) is 2.33. The summed E-state index contributed by atoms with van der Waals surface area (Å²) >= 11 is 0. The van der Waals surface area contributed by atoms with E-state index in [0.29, 0.717) is 0 Å². The fourth-order valence-corrected chi connectivity index (χ4v) is 2.33. The van der Waals surface area contributed by atoms with Crippen LogP contribution in [0.15, 0.2) is 42.5 Å². The van der Waals surface area contributed by atoms with Crippen molar-refractivity contribution in [2.45, 2.75) is 39.7 Å². The van der Waals surface area contributed by atoms with Crippen LogP contribution in [0.25, 0.3) is 0 Å². The molecule has 0 saturated carbocycles. The molecule has 0 fully saturated rings. The third-order valence-electron chi connectivity index (χ3n) is 3.48. The van der Waals surface area contributed by atoms with E-state index in [1.54, 1.807) is 0 Å². The standard InChI is InChI=1S/C19H25NO/c1-14-6-11-18(17(12-14)19(2,3)4)21-16-9-7-15(8-10-16)13-20-5/h6-12,20H,13H2,1-5H3. The van der Waals surface area contributed by atoms with Gasteiger partial charge in [-0.2, -0.15) is 0 Å². The second-order valence-electron chi connectivity index (χ2n) is 6.53. The summed E-state index contributed by atoms with van der Waals surface area (Å²) in [5.41, 5.74) is 3.82. The molecule has 2 rings (SSSR count). The van der Waals surface area contributed by atoms with Gasteiger partial charge in [-0.1, -0.05) is 50.6 Å². The van der Waals surface area contributed by atoms with Gasteiger partial charge < -0.3 is 10.1 Å². The molecule has 0 spiro atoms. The van der Waals surface area contributed by atoms with Crippen LogP contribution in [-0.4, -0.2) is 7.05 Å². The number of ether oxygens (including phenoxy) is 1. The number of rotatable bonds is 4. The molecule has 0 bridgehead atoms. The normalized spacial score (nSPS) is 11.5. The van der Waals surface area contributed by atoms with Gasteiger partial charge in [0.15, 0.2) is 0 Å². The number of nitrogens with one attached hydrogen (secondary N) is 1. The lowest BCUT2D eigenvalue weighted by atomic mass is 9.85. The van der Waals surface area contributed by atoms with Crippen molar-refractivity contribution in [3.8, 4) is 11.5 Å². The van der Waals surface area contributed by atoms with Gasteiger partial charge in [-0.05, 0) is 43.1 Å². The molecule has 0 radical (unpaired) electrons. The Morgan fingerprint density at radius 2 is 1.67 bits per heavy atom. The SMILES string of the molecule is CNCc1ccc(Oc2ccc(C)cc2C(C)(C)C)cc1. The molecule has 2 heteroatoms. The van der Waals surface area contributed by atoms with E-state index in [1.807, 2.05) is 19.2 Å². The Labute approximate surface area is 128 Å². The van der Waals surface area contributed by atoms with Crippen molar-refractivity contribution in [1.29, 1.82) is 0 Å². The van der Waals surface area contributed by atoms with Crippen LogP contribution in [-0.2, 0) is 12.0 Å². The predicted molar refractivity (Wildman–Crippen MR) is 89.2 cm³/mol. The Bertz CT molecular complexity index is 594. The van der Waals surface area contributed by atoms with Gasteiger partial charge in [0.2, 0.25) is 0 Å². The largest absolute Gasteiger partial charge is 0.457 e. The van der Waals surface area contributed by atoms with Gasteiger partial charge in [0.25, 0.3) is 0 Å². The van der Waals surface area contributed by atoms with Crippen molar-refractivity contribution in [3.05, 3.63) is 59.2 Å². The summed E-state index contributed by atoms with van der Waals surface area (Å²) in [6.45, 7) is 9.63. The van der Waals surface area contributed by atoms with E-state index < -0.39 is 0 Å². The Morgan fingerprint density at radius 1 is 1.00 bits per heavy atom. The third-order valence-corrected chi connectivity index (χ3v) is 3.48. The van der Waals surface area contributed by atoms with Crippen LogP contribution in [0.4, 0.5) is 0 Å². The molecule has 0 saturated heterocycles. The quantitative estimate of drug-likeness (QED) is 0.870. The maximum absolute atomic E-state index is 6.10. The van der Waals surface area contributed by atoms with Gasteiger partial charge >= 0.3 is 0 Å². The lowest BCUT2D eigenvalue weighted by Crippen LogP contribution is -2.12. The molecule has 0 aliphatic carbocycles. The lowest BCUT2D eigenvalue weighted by Gasteiger charge is -2.23. The minimum atomic E-state index is 0.0629.